The van der Waals surface area contributed by atoms with Crippen LogP contribution in [0.15, 0.2) is 39.8 Å². The fourth-order valence-corrected chi connectivity index (χ4v) is 2.68. The van der Waals surface area contributed by atoms with E-state index in [9.17, 15) is 9.59 Å². The van der Waals surface area contributed by atoms with Crippen molar-refractivity contribution in [1.29, 1.82) is 0 Å². The Labute approximate surface area is 142 Å². The van der Waals surface area contributed by atoms with Crippen molar-refractivity contribution in [3.63, 3.8) is 0 Å². The highest BCUT2D eigenvalue weighted by atomic mass is 16.4. The average Bonchev–Trinajstić information content (AvgIpc) is 2.55. The molecule has 5 heteroatoms. The number of hydrogen-bond donors (Lipinski definition) is 1. The molecule has 1 amide bonds. The number of amides is 1. The van der Waals surface area contributed by atoms with Crippen molar-refractivity contribution in [2.75, 3.05) is 6.54 Å². The van der Waals surface area contributed by atoms with Gasteiger partial charge in [0, 0.05) is 24.9 Å². The van der Waals surface area contributed by atoms with Gasteiger partial charge in [0.25, 0.3) is 5.91 Å². The van der Waals surface area contributed by atoms with Gasteiger partial charge in [0.1, 0.15) is 11.3 Å². The highest BCUT2D eigenvalue weighted by Crippen LogP contribution is 2.21. The van der Waals surface area contributed by atoms with Crippen LogP contribution in [-0.4, -0.2) is 17.4 Å². The van der Waals surface area contributed by atoms with Crippen LogP contribution < -0.4 is 10.9 Å². The molecule has 0 spiro atoms. The van der Waals surface area contributed by atoms with E-state index in [1.54, 1.807) is 25.4 Å². The second-order valence-corrected chi connectivity index (χ2v) is 6.05. The summed E-state index contributed by atoms with van der Waals surface area (Å²) in [7, 11) is 0. The molecular formula is C19H24N2O3. The van der Waals surface area contributed by atoms with Crippen molar-refractivity contribution >= 4 is 5.91 Å². The van der Waals surface area contributed by atoms with Crippen LogP contribution in [-0.2, 0) is 6.42 Å². The summed E-state index contributed by atoms with van der Waals surface area (Å²) in [5, 5.41) is 2.78. The number of nitrogens with one attached hydrogen (secondary N) is 1. The Morgan fingerprint density at radius 1 is 1.33 bits per heavy atom. The normalized spacial score (nSPS) is 12.0. The first-order valence-corrected chi connectivity index (χ1v) is 8.34. The summed E-state index contributed by atoms with van der Waals surface area (Å²) in [4.78, 5) is 28.5. The quantitative estimate of drug-likeness (QED) is 0.847. The molecule has 24 heavy (non-hydrogen) atoms. The molecule has 1 N–H and O–H groups in total. The van der Waals surface area contributed by atoms with Crippen LogP contribution in [0.1, 0.15) is 59.9 Å². The lowest BCUT2D eigenvalue weighted by atomic mass is 10.0. The van der Waals surface area contributed by atoms with Gasteiger partial charge in [-0.05, 0) is 49.1 Å². The molecule has 0 aromatic carbocycles. The summed E-state index contributed by atoms with van der Waals surface area (Å²) < 4.78 is 5.36. The van der Waals surface area contributed by atoms with Crippen LogP contribution in [0, 0.1) is 6.92 Å². The van der Waals surface area contributed by atoms with E-state index in [4.69, 9.17) is 4.42 Å². The number of aryl methyl sites for hydroxylation is 1. The van der Waals surface area contributed by atoms with Gasteiger partial charge in [0.15, 0.2) is 0 Å². The molecule has 0 bridgehead atoms. The zero-order chi connectivity index (χ0) is 17.5. The highest BCUT2D eigenvalue weighted by Gasteiger charge is 2.18. The Morgan fingerprint density at radius 3 is 2.67 bits per heavy atom. The van der Waals surface area contributed by atoms with Crippen molar-refractivity contribution in [2.24, 2.45) is 0 Å². The van der Waals surface area contributed by atoms with Crippen LogP contribution in [0.4, 0.5) is 0 Å². The van der Waals surface area contributed by atoms with Gasteiger partial charge in [0.2, 0.25) is 0 Å². The molecule has 0 aliphatic carbocycles. The minimum absolute atomic E-state index is 0.0946. The lowest BCUT2D eigenvalue weighted by Gasteiger charge is -2.12. The maximum Gasteiger partial charge on any atom is 0.349 e. The third-order valence-corrected chi connectivity index (χ3v) is 4.05. The second kappa shape index (κ2) is 8.43. The molecule has 0 saturated carbocycles. The van der Waals surface area contributed by atoms with E-state index >= 15 is 0 Å². The summed E-state index contributed by atoms with van der Waals surface area (Å²) in [6.07, 6.45) is 6.07. The van der Waals surface area contributed by atoms with E-state index in [2.05, 4.69) is 17.2 Å². The Hall–Kier alpha value is -2.43. The smallest absolute Gasteiger partial charge is 0.349 e. The van der Waals surface area contributed by atoms with Crippen LogP contribution in [0.5, 0.6) is 0 Å². The Kier molecular flexibility index (Phi) is 6.29. The molecule has 0 radical (unpaired) electrons. The molecule has 1 atom stereocenters. The minimum atomic E-state index is -0.561. The molecule has 2 aromatic rings. The fourth-order valence-electron chi connectivity index (χ4n) is 2.68. The number of nitrogens with zero attached hydrogens (tertiary/aromatic N) is 1. The maximum absolute atomic E-state index is 12.3. The highest BCUT2D eigenvalue weighted by molar-refractivity contribution is 5.95. The third-order valence-electron chi connectivity index (χ3n) is 4.05. The summed E-state index contributed by atoms with van der Waals surface area (Å²) in [6.45, 7) is 6.34. The molecule has 0 aliphatic heterocycles. The first-order valence-electron chi connectivity index (χ1n) is 8.34. The predicted octanol–water partition coefficient (Wildman–Crippen LogP) is 3.22. The molecule has 128 valence electrons. The van der Waals surface area contributed by atoms with Gasteiger partial charge in [-0.3, -0.25) is 9.78 Å². The van der Waals surface area contributed by atoms with Crippen molar-refractivity contribution in [2.45, 2.75) is 46.0 Å². The summed E-state index contributed by atoms with van der Waals surface area (Å²) in [6, 6.07) is 5.60. The number of rotatable bonds is 7. The number of pyridine rings is 1. The topological polar surface area (TPSA) is 72.2 Å². The Morgan fingerprint density at radius 2 is 2.04 bits per heavy atom. The number of carbonyl (C=O) groups is 1. The zero-order valence-electron chi connectivity index (χ0n) is 14.5. The largest absolute Gasteiger partial charge is 0.427 e. The second-order valence-electron chi connectivity index (χ2n) is 6.05. The molecule has 0 fully saturated rings. The van der Waals surface area contributed by atoms with Gasteiger partial charge in [-0.25, -0.2) is 4.79 Å². The van der Waals surface area contributed by atoms with E-state index in [-0.39, 0.29) is 17.4 Å². The van der Waals surface area contributed by atoms with Gasteiger partial charge < -0.3 is 9.73 Å². The van der Waals surface area contributed by atoms with Crippen molar-refractivity contribution in [3.8, 4) is 0 Å². The van der Waals surface area contributed by atoms with E-state index in [1.807, 2.05) is 19.1 Å². The molecular weight excluding hydrogens is 304 g/mol. The van der Waals surface area contributed by atoms with Crippen LogP contribution >= 0.6 is 0 Å². The first kappa shape index (κ1) is 17.9. The lowest BCUT2D eigenvalue weighted by Crippen LogP contribution is -2.31. The minimum Gasteiger partial charge on any atom is -0.427 e. The SMILES string of the molecule is CCCC(C)c1cc(C)c(C(=O)NCCc2ccncc2)c(=O)o1. The molecule has 2 rings (SSSR count). The number of hydrogen-bond acceptors (Lipinski definition) is 4. The van der Waals surface area contributed by atoms with E-state index in [1.165, 1.54) is 0 Å². The monoisotopic (exact) mass is 328 g/mol. The van der Waals surface area contributed by atoms with Crippen LogP contribution in [0.2, 0.25) is 0 Å². The summed E-state index contributed by atoms with van der Waals surface area (Å²) in [5.74, 6) is 0.433. The zero-order valence-corrected chi connectivity index (χ0v) is 14.5. The van der Waals surface area contributed by atoms with Crippen LogP contribution in [0.25, 0.3) is 0 Å². The predicted molar refractivity (Wildman–Crippen MR) is 93.3 cm³/mol. The van der Waals surface area contributed by atoms with Gasteiger partial charge in [0.05, 0.1) is 0 Å². The molecule has 2 heterocycles. The summed E-state index contributed by atoms with van der Waals surface area (Å²) in [5.41, 5.74) is 1.27. The Balaban J connectivity index is 2.05. The molecule has 0 aliphatic rings. The van der Waals surface area contributed by atoms with Crippen molar-refractivity contribution < 1.29 is 9.21 Å². The van der Waals surface area contributed by atoms with Gasteiger partial charge in [-0.15, -0.1) is 0 Å². The Bertz CT molecular complexity index is 738. The van der Waals surface area contributed by atoms with E-state index in [0.717, 1.165) is 18.4 Å². The third kappa shape index (κ3) is 4.54. The van der Waals surface area contributed by atoms with Gasteiger partial charge in [-0.2, -0.15) is 0 Å². The van der Waals surface area contributed by atoms with E-state index < -0.39 is 5.63 Å². The standard InChI is InChI=1S/C19H24N2O3/c1-4-5-13(2)16-12-14(3)17(19(23)24-16)18(22)21-11-8-15-6-9-20-10-7-15/h6-7,9-10,12-13H,4-5,8,11H2,1-3H3,(H,21,22). The molecule has 0 saturated heterocycles. The van der Waals surface area contributed by atoms with E-state index in [0.29, 0.717) is 24.3 Å². The van der Waals surface area contributed by atoms with Crippen molar-refractivity contribution in [1.82, 2.24) is 10.3 Å². The van der Waals surface area contributed by atoms with Crippen molar-refractivity contribution in [3.05, 3.63) is 63.5 Å². The van der Waals surface area contributed by atoms with Gasteiger partial charge >= 0.3 is 5.63 Å². The summed E-state index contributed by atoms with van der Waals surface area (Å²) >= 11 is 0. The average molecular weight is 328 g/mol. The van der Waals surface area contributed by atoms with Gasteiger partial charge in [-0.1, -0.05) is 20.3 Å². The fraction of sp³-hybridized carbons (Fsp3) is 0.421. The number of aromatic nitrogens is 1. The molecule has 2 aromatic heterocycles. The first-order chi connectivity index (χ1) is 11.5. The number of carbonyl (C=O) groups excluding carboxylic acids is 1. The maximum atomic E-state index is 12.3. The molecule has 1 unspecified atom stereocenters. The van der Waals surface area contributed by atoms with Crippen LogP contribution in [0.3, 0.4) is 0 Å². The molecule has 5 nitrogen and oxygen atoms in total. The lowest BCUT2D eigenvalue weighted by molar-refractivity contribution is 0.0949.